The summed E-state index contributed by atoms with van der Waals surface area (Å²) in [7, 11) is 0. The van der Waals surface area contributed by atoms with E-state index in [4.69, 9.17) is 5.73 Å². The summed E-state index contributed by atoms with van der Waals surface area (Å²) in [5.41, 5.74) is 7.51. The molecule has 0 bridgehead atoms. The van der Waals surface area contributed by atoms with Gasteiger partial charge in [-0.3, -0.25) is 4.79 Å². The Labute approximate surface area is 117 Å². The fourth-order valence-corrected chi connectivity index (χ4v) is 3.97. The lowest BCUT2D eigenvalue weighted by Crippen LogP contribution is -2.48. The molecule has 0 radical (unpaired) electrons. The van der Waals surface area contributed by atoms with Crippen molar-refractivity contribution >= 4 is 27.3 Å². The second-order valence-corrected chi connectivity index (χ2v) is 5.93. The molecule has 2 unspecified atom stereocenters. The van der Waals surface area contributed by atoms with Gasteiger partial charge in [0, 0.05) is 23.7 Å². The second kappa shape index (κ2) is 4.94. The van der Waals surface area contributed by atoms with E-state index >= 15 is 0 Å². The van der Waals surface area contributed by atoms with Gasteiger partial charge in [-0.05, 0) is 35.7 Å². The van der Waals surface area contributed by atoms with Crippen molar-refractivity contribution in [2.75, 3.05) is 6.54 Å². The van der Waals surface area contributed by atoms with Crippen LogP contribution in [-0.2, 0) is 4.79 Å². The molecule has 3 rings (SSSR count). The van der Waals surface area contributed by atoms with Crippen molar-refractivity contribution in [3.63, 3.8) is 0 Å². The van der Waals surface area contributed by atoms with Crippen molar-refractivity contribution < 1.29 is 4.79 Å². The number of carbonyl (C=O) groups is 1. The summed E-state index contributed by atoms with van der Waals surface area (Å²) < 4.78 is 1.26. The Morgan fingerprint density at radius 3 is 3.00 bits per heavy atom. The number of carbonyl (C=O) groups excluding carboxylic acids is 1. The highest BCUT2D eigenvalue weighted by Crippen LogP contribution is 2.37. The zero-order valence-electron chi connectivity index (χ0n) is 11.0. The average Bonchev–Trinajstić information content (AvgIpc) is 2.85. The Morgan fingerprint density at radius 2 is 2.21 bits per heavy atom. The first kappa shape index (κ1) is 12.6. The minimum atomic E-state index is 0.0300. The number of hydrogen-bond acceptors (Lipinski definition) is 3. The molecule has 2 heterocycles. The van der Waals surface area contributed by atoms with Gasteiger partial charge in [-0.1, -0.05) is 18.2 Å². The lowest BCUT2D eigenvalue weighted by molar-refractivity contribution is -0.137. The van der Waals surface area contributed by atoms with Gasteiger partial charge in [0.15, 0.2) is 0 Å². The third-order valence-electron chi connectivity index (χ3n) is 3.92. The molecule has 1 aromatic heterocycles. The standard InChI is InChI=1S/C15H18N2OS/c1-2-17-14(18)8-7-12(16)15(17)11-9-19-13-6-4-3-5-10(11)13/h3-6,9,12,15H,2,7-8,16H2,1H3. The molecule has 1 aromatic carbocycles. The number of fused-ring (bicyclic) bond motifs is 1. The SMILES string of the molecule is CCN1C(=O)CCC(N)C1c1csc2ccccc12. The lowest BCUT2D eigenvalue weighted by Gasteiger charge is -2.39. The highest BCUT2D eigenvalue weighted by molar-refractivity contribution is 7.17. The quantitative estimate of drug-likeness (QED) is 0.915. The number of amides is 1. The maximum absolute atomic E-state index is 12.1. The number of nitrogens with zero attached hydrogens (tertiary/aromatic N) is 1. The molecule has 1 amide bonds. The molecule has 1 aliphatic rings. The maximum Gasteiger partial charge on any atom is 0.223 e. The van der Waals surface area contributed by atoms with E-state index in [0.717, 1.165) is 13.0 Å². The van der Waals surface area contributed by atoms with Gasteiger partial charge in [-0.15, -0.1) is 11.3 Å². The van der Waals surface area contributed by atoms with Crippen LogP contribution in [0.1, 0.15) is 31.4 Å². The topological polar surface area (TPSA) is 46.3 Å². The van der Waals surface area contributed by atoms with E-state index in [2.05, 4.69) is 17.5 Å². The Morgan fingerprint density at radius 1 is 1.42 bits per heavy atom. The molecule has 19 heavy (non-hydrogen) atoms. The van der Waals surface area contributed by atoms with Crippen molar-refractivity contribution in [3.05, 3.63) is 35.2 Å². The van der Waals surface area contributed by atoms with Crippen LogP contribution in [0, 0.1) is 0 Å². The Hall–Kier alpha value is -1.39. The molecule has 100 valence electrons. The molecule has 4 heteroatoms. The summed E-state index contributed by atoms with van der Waals surface area (Å²) in [4.78, 5) is 14.0. The van der Waals surface area contributed by atoms with Crippen molar-refractivity contribution in [1.82, 2.24) is 4.90 Å². The summed E-state index contributed by atoms with van der Waals surface area (Å²) in [5, 5.41) is 3.40. The first-order valence-corrected chi connectivity index (χ1v) is 7.61. The molecule has 1 aliphatic heterocycles. The van der Waals surface area contributed by atoms with E-state index in [0.29, 0.717) is 6.42 Å². The average molecular weight is 274 g/mol. The molecule has 0 aliphatic carbocycles. The Balaban J connectivity index is 2.09. The van der Waals surface area contributed by atoms with Gasteiger partial charge in [0.2, 0.25) is 5.91 Å². The van der Waals surface area contributed by atoms with Gasteiger partial charge < -0.3 is 10.6 Å². The number of likely N-dealkylation sites (tertiary alicyclic amines) is 1. The molecular formula is C15H18N2OS. The monoisotopic (exact) mass is 274 g/mol. The largest absolute Gasteiger partial charge is 0.334 e. The first-order valence-electron chi connectivity index (χ1n) is 6.73. The summed E-state index contributed by atoms with van der Waals surface area (Å²) in [6.45, 7) is 2.75. The van der Waals surface area contributed by atoms with Crippen LogP contribution in [-0.4, -0.2) is 23.4 Å². The predicted octanol–water partition coefficient (Wildman–Crippen LogP) is 2.91. The normalized spacial score (nSPS) is 24.1. The van der Waals surface area contributed by atoms with Gasteiger partial charge in [0.05, 0.1) is 6.04 Å². The Kier molecular flexibility index (Phi) is 3.29. The van der Waals surface area contributed by atoms with Crippen LogP contribution in [0.3, 0.4) is 0 Å². The number of thiophene rings is 1. The number of benzene rings is 1. The van der Waals surface area contributed by atoms with Crippen LogP contribution in [0.15, 0.2) is 29.6 Å². The molecular weight excluding hydrogens is 256 g/mol. The molecule has 2 N–H and O–H groups in total. The van der Waals surface area contributed by atoms with Gasteiger partial charge >= 0.3 is 0 Å². The van der Waals surface area contributed by atoms with Crippen molar-refractivity contribution in [2.45, 2.75) is 31.8 Å². The van der Waals surface area contributed by atoms with E-state index in [-0.39, 0.29) is 18.0 Å². The van der Waals surface area contributed by atoms with Gasteiger partial charge in [-0.2, -0.15) is 0 Å². The molecule has 2 aromatic rings. The van der Waals surface area contributed by atoms with E-state index < -0.39 is 0 Å². The molecule has 1 saturated heterocycles. The molecule has 1 fully saturated rings. The number of likely N-dealkylation sites (N-methyl/N-ethyl adjacent to an activating group) is 1. The summed E-state index contributed by atoms with van der Waals surface area (Å²) in [5.74, 6) is 0.226. The molecule has 2 atom stereocenters. The van der Waals surface area contributed by atoms with Gasteiger partial charge in [0.1, 0.15) is 0 Å². The number of piperidine rings is 1. The fourth-order valence-electron chi connectivity index (χ4n) is 2.98. The number of hydrogen-bond donors (Lipinski definition) is 1. The van der Waals surface area contributed by atoms with Crippen LogP contribution in [0.4, 0.5) is 0 Å². The smallest absolute Gasteiger partial charge is 0.223 e. The molecule has 0 saturated carbocycles. The second-order valence-electron chi connectivity index (χ2n) is 5.01. The van der Waals surface area contributed by atoms with Crippen LogP contribution < -0.4 is 5.73 Å². The molecule has 3 nitrogen and oxygen atoms in total. The van der Waals surface area contributed by atoms with Crippen molar-refractivity contribution in [3.8, 4) is 0 Å². The van der Waals surface area contributed by atoms with Crippen LogP contribution in [0.2, 0.25) is 0 Å². The van der Waals surface area contributed by atoms with E-state index in [1.165, 1.54) is 15.6 Å². The van der Waals surface area contributed by atoms with Crippen LogP contribution >= 0.6 is 11.3 Å². The van der Waals surface area contributed by atoms with E-state index in [1.54, 1.807) is 11.3 Å². The first-order chi connectivity index (χ1) is 9.22. The van der Waals surface area contributed by atoms with E-state index in [9.17, 15) is 4.79 Å². The summed E-state index contributed by atoms with van der Waals surface area (Å²) in [6.07, 6.45) is 1.36. The van der Waals surface area contributed by atoms with Crippen LogP contribution in [0.25, 0.3) is 10.1 Å². The third-order valence-corrected chi connectivity index (χ3v) is 4.91. The minimum absolute atomic E-state index is 0.0300. The fraction of sp³-hybridized carbons (Fsp3) is 0.400. The van der Waals surface area contributed by atoms with Crippen molar-refractivity contribution in [2.24, 2.45) is 5.73 Å². The number of nitrogens with two attached hydrogens (primary N) is 1. The predicted molar refractivity (Wildman–Crippen MR) is 79.2 cm³/mol. The highest BCUT2D eigenvalue weighted by Gasteiger charge is 2.35. The zero-order chi connectivity index (χ0) is 13.4. The molecule has 0 spiro atoms. The Bertz CT molecular complexity index is 607. The third kappa shape index (κ3) is 2.05. The van der Waals surface area contributed by atoms with Gasteiger partial charge in [-0.25, -0.2) is 0 Å². The van der Waals surface area contributed by atoms with Crippen molar-refractivity contribution in [1.29, 1.82) is 0 Å². The number of rotatable bonds is 2. The van der Waals surface area contributed by atoms with E-state index in [1.807, 2.05) is 24.0 Å². The zero-order valence-corrected chi connectivity index (χ0v) is 11.8. The lowest BCUT2D eigenvalue weighted by atomic mass is 9.90. The summed E-state index contributed by atoms with van der Waals surface area (Å²) >= 11 is 1.73. The maximum atomic E-state index is 12.1. The van der Waals surface area contributed by atoms with Crippen LogP contribution in [0.5, 0.6) is 0 Å². The minimum Gasteiger partial charge on any atom is -0.334 e. The highest BCUT2D eigenvalue weighted by atomic mass is 32.1. The van der Waals surface area contributed by atoms with Gasteiger partial charge in [0.25, 0.3) is 0 Å². The summed E-state index contributed by atoms with van der Waals surface area (Å²) in [6, 6.07) is 8.41.